The molecule has 0 spiro atoms. The van der Waals surface area contributed by atoms with Crippen molar-refractivity contribution < 1.29 is 14.2 Å². The third kappa shape index (κ3) is 4.05. The zero-order chi connectivity index (χ0) is 19.4. The lowest BCUT2D eigenvalue weighted by molar-refractivity contribution is 0.324. The Balaban J connectivity index is 1.86. The van der Waals surface area contributed by atoms with Crippen LogP contribution in [0.5, 0.6) is 17.2 Å². The second-order valence-electron chi connectivity index (χ2n) is 6.94. The maximum Gasteiger partial charge on any atom is 0.203 e. The second kappa shape index (κ2) is 7.70. The fraction of sp³-hybridized carbons (Fsp3) is 0.333. The van der Waals surface area contributed by atoms with Crippen LogP contribution < -0.4 is 19.6 Å². The van der Waals surface area contributed by atoms with Crippen LogP contribution in [0.1, 0.15) is 30.5 Å². The van der Waals surface area contributed by atoms with Gasteiger partial charge in [-0.25, -0.2) is 0 Å². The number of hydrazone groups is 1. The first-order chi connectivity index (χ1) is 13.0. The lowest BCUT2D eigenvalue weighted by atomic mass is 9.89. The summed E-state index contributed by atoms with van der Waals surface area (Å²) in [4.78, 5) is 4.80. The van der Waals surface area contributed by atoms with Gasteiger partial charge in [-0.2, -0.15) is 5.10 Å². The van der Waals surface area contributed by atoms with Crippen LogP contribution in [0.2, 0.25) is 0 Å². The van der Waals surface area contributed by atoms with E-state index in [1.54, 1.807) is 27.5 Å². The molecule has 1 aliphatic heterocycles. The monoisotopic (exact) mass is 367 g/mol. The smallest absolute Gasteiger partial charge is 0.203 e. The number of amidine groups is 1. The summed E-state index contributed by atoms with van der Waals surface area (Å²) < 4.78 is 16.1. The molecule has 6 nitrogen and oxygen atoms in total. The Morgan fingerprint density at radius 2 is 1.70 bits per heavy atom. The van der Waals surface area contributed by atoms with Gasteiger partial charge in [0.05, 0.1) is 33.1 Å². The van der Waals surface area contributed by atoms with Crippen molar-refractivity contribution in [3.05, 3.63) is 53.1 Å². The molecule has 1 aliphatic rings. The number of benzene rings is 2. The minimum Gasteiger partial charge on any atom is -0.493 e. The van der Waals surface area contributed by atoms with E-state index in [2.05, 4.69) is 42.6 Å². The van der Waals surface area contributed by atoms with Crippen LogP contribution in [0.3, 0.4) is 0 Å². The molecule has 0 aromatic heterocycles. The van der Waals surface area contributed by atoms with Gasteiger partial charge >= 0.3 is 0 Å². The van der Waals surface area contributed by atoms with Gasteiger partial charge in [0.1, 0.15) is 5.84 Å². The molecule has 1 N–H and O–H groups in total. The van der Waals surface area contributed by atoms with E-state index in [9.17, 15) is 0 Å². The van der Waals surface area contributed by atoms with Gasteiger partial charge in [0.2, 0.25) is 5.75 Å². The van der Waals surface area contributed by atoms with Crippen LogP contribution >= 0.6 is 0 Å². The molecule has 142 valence electrons. The Morgan fingerprint density at radius 1 is 1.04 bits per heavy atom. The number of nitrogens with one attached hydrogen (secondary N) is 1. The number of fused-ring (bicyclic) bond motifs is 1. The van der Waals surface area contributed by atoms with Crippen LogP contribution in [-0.2, 0) is 6.42 Å². The highest BCUT2D eigenvalue weighted by molar-refractivity contribution is 6.01. The molecule has 0 atom stereocenters. The Hall–Kier alpha value is -3.02. The van der Waals surface area contributed by atoms with E-state index in [-0.39, 0.29) is 5.54 Å². The highest BCUT2D eigenvalue weighted by Crippen LogP contribution is 2.37. The van der Waals surface area contributed by atoms with Crippen molar-refractivity contribution in [2.24, 2.45) is 10.1 Å². The van der Waals surface area contributed by atoms with Crippen LogP contribution in [0.4, 0.5) is 0 Å². The number of methoxy groups -OCH3 is 3. The molecule has 0 bridgehead atoms. The summed E-state index contributed by atoms with van der Waals surface area (Å²) in [6.45, 7) is 4.24. The number of hydrogen-bond acceptors (Lipinski definition) is 6. The molecule has 2 aromatic rings. The van der Waals surface area contributed by atoms with Crippen molar-refractivity contribution in [3.8, 4) is 17.2 Å². The SMILES string of the molecule is COc1cc(/C=N/NC2=NC(C)(C)Cc3ccccc32)cc(OC)c1OC. The van der Waals surface area contributed by atoms with Crippen LogP contribution in [0, 0.1) is 0 Å². The van der Waals surface area contributed by atoms with Gasteiger partial charge in [-0.05, 0) is 38.0 Å². The lowest BCUT2D eigenvalue weighted by Gasteiger charge is -2.28. The molecule has 0 unspecified atom stereocenters. The first-order valence-corrected chi connectivity index (χ1v) is 8.74. The molecule has 1 heterocycles. The molecular formula is C21H25N3O3. The van der Waals surface area contributed by atoms with Crippen molar-refractivity contribution in [1.29, 1.82) is 0 Å². The third-order valence-electron chi connectivity index (χ3n) is 4.38. The van der Waals surface area contributed by atoms with Gasteiger partial charge in [-0.1, -0.05) is 24.3 Å². The van der Waals surface area contributed by atoms with Crippen molar-refractivity contribution in [3.63, 3.8) is 0 Å². The van der Waals surface area contributed by atoms with E-state index in [0.717, 1.165) is 23.4 Å². The minimum atomic E-state index is -0.168. The molecule has 0 fully saturated rings. The Labute approximate surface area is 159 Å². The summed E-state index contributed by atoms with van der Waals surface area (Å²) in [7, 11) is 4.76. The van der Waals surface area contributed by atoms with Crippen LogP contribution in [0.25, 0.3) is 0 Å². The van der Waals surface area contributed by atoms with Crippen LogP contribution in [-0.4, -0.2) is 38.9 Å². The average Bonchev–Trinajstić information content (AvgIpc) is 2.66. The van der Waals surface area contributed by atoms with Gasteiger partial charge in [0.15, 0.2) is 11.5 Å². The molecule has 0 saturated heterocycles. The summed E-state index contributed by atoms with van der Waals surface area (Å²) in [5.74, 6) is 2.49. The summed E-state index contributed by atoms with van der Waals surface area (Å²) in [5.41, 5.74) is 6.09. The number of nitrogens with zero attached hydrogens (tertiary/aromatic N) is 2. The third-order valence-corrected chi connectivity index (χ3v) is 4.38. The van der Waals surface area contributed by atoms with Gasteiger partial charge < -0.3 is 14.2 Å². The molecule has 0 saturated carbocycles. The normalized spacial score (nSPS) is 15.1. The topological polar surface area (TPSA) is 64.4 Å². The van der Waals surface area contributed by atoms with E-state index in [1.165, 1.54) is 5.56 Å². The van der Waals surface area contributed by atoms with E-state index < -0.39 is 0 Å². The van der Waals surface area contributed by atoms with Crippen molar-refractivity contribution in [1.82, 2.24) is 5.43 Å². The first kappa shape index (κ1) is 18.8. The average molecular weight is 367 g/mol. The second-order valence-corrected chi connectivity index (χ2v) is 6.94. The Kier molecular flexibility index (Phi) is 5.35. The predicted octanol–water partition coefficient (Wildman–Crippen LogP) is 3.42. The Morgan fingerprint density at radius 3 is 2.33 bits per heavy atom. The van der Waals surface area contributed by atoms with E-state index in [0.29, 0.717) is 17.2 Å². The van der Waals surface area contributed by atoms with Crippen LogP contribution in [0.15, 0.2) is 46.5 Å². The van der Waals surface area contributed by atoms with Crippen molar-refractivity contribution >= 4 is 12.1 Å². The molecular weight excluding hydrogens is 342 g/mol. The Bertz CT molecular complexity index is 863. The van der Waals surface area contributed by atoms with Gasteiger partial charge in [-0.15, -0.1) is 0 Å². The van der Waals surface area contributed by atoms with E-state index >= 15 is 0 Å². The first-order valence-electron chi connectivity index (χ1n) is 8.74. The molecule has 0 aliphatic carbocycles. The number of aliphatic imine (C=N–C) groups is 1. The molecule has 0 radical (unpaired) electrons. The number of ether oxygens (including phenoxy) is 3. The quantitative estimate of drug-likeness (QED) is 0.650. The molecule has 0 amide bonds. The standard InChI is InChI=1S/C21H25N3O3/c1-21(2)12-15-8-6-7-9-16(15)20(23-21)24-22-13-14-10-17(25-3)19(27-5)18(11-14)26-4/h6-11,13H,12H2,1-5H3,(H,23,24)/b22-13+. The highest BCUT2D eigenvalue weighted by atomic mass is 16.5. The van der Waals surface area contributed by atoms with E-state index in [4.69, 9.17) is 19.2 Å². The van der Waals surface area contributed by atoms with Crippen molar-refractivity contribution in [2.45, 2.75) is 25.8 Å². The fourth-order valence-corrected chi connectivity index (χ4v) is 3.20. The largest absolute Gasteiger partial charge is 0.493 e. The number of hydrogen-bond donors (Lipinski definition) is 1. The zero-order valence-electron chi connectivity index (χ0n) is 16.4. The fourth-order valence-electron chi connectivity index (χ4n) is 3.20. The van der Waals surface area contributed by atoms with Gasteiger partial charge in [0.25, 0.3) is 0 Å². The maximum absolute atomic E-state index is 5.38. The summed E-state index contributed by atoms with van der Waals surface area (Å²) in [6.07, 6.45) is 2.61. The maximum atomic E-state index is 5.38. The van der Waals surface area contributed by atoms with Gasteiger partial charge in [0, 0.05) is 11.1 Å². The molecule has 3 rings (SSSR count). The van der Waals surface area contributed by atoms with Gasteiger partial charge in [-0.3, -0.25) is 10.4 Å². The van der Waals surface area contributed by atoms with E-state index in [1.807, 2.05) is 18.2 Å². The summed E-state index contributed by atoms with van der Waals surface area (Å²) in [6, 6.07) is 11.9. The molecule has 27 heavy (non-hydrogen) atoms. The highest BCUT2D eigenvalue weighted by Gasteiger charge is 2.26. The zero-order valence-corrected chi connectivity index (χ0v) is 16.4. The predicted molar refractivity (Wildman–Crippen MR) is 108 cm³/mol. The minimum absolute atomic E-state index is 0.168. The molecule has 6 heteroatoms. The summed E-state index contributed by atoms with van der Waals surface area (Å²) >= 11 is 0. The number of rotatable bonds is 5. The van der Waals surface area contributed by atoms with Crippen molar-refractivity contribution in [2.75, 3.05) is 21.3 Å². The summed E-state index contributed by atoms with van der Waals surface area (Å²) in [5, 5.41) is 4.38. The lowest BCUT2D eigenvalue weighted by Crippen LogP contribution is -2.34. The molecule has 2 aromatic carbocycles.